The van der Waals surface area contributed by atoms with Crippen molar-refractivity contribution in [3.63, 3.8) is 0 Å². The van der Waals surface area contributed by atoms with E-state index in [0.29, 0.717) is 33.6 Å². The van der Waals surface area contributed by atoms with Gasteiger partial charge in [0, 0.05) is 12.7 Å². The van der Waals surface area contributed by atoms with Crippen LogP contribution in [0.2, 0.25) is 10.0 Å². The Morgan fingerprint density at radius 3 is 2.89 bits per heavy atom. The Kier molecular flexibility index (Phi) is 4.32. The minimum Gasteiger partial charge on any atom is -0.351 e. The summed E-state index contributed by atoms with van der Waals surface area (Å²) in [7, 11) is 0. The molecule has 0 radical (unpaired) electrons. The Morgan fingerprint density at radius 2 is 2.21 bits per heavy atom. The number of nitrogens with one attached hydrogen (secondary N) is 1. The molecule has 0 aliphatic rings. The first-order valence-electron chi connectivity index (χ1n) is 6.16. The summed E-state index contributed by atoms with van der Waals surface area (Å²) in [5.74, 6) is -0.156. The van der Waals surface area contributed by atoms with Crippen LogP contribution in [0, 0.1) is 6.92 Å². The standard InChI is InChI=1S/C13H15Cl2N3O/c1-3-4-5-16-13(19)11-8(2)17-12-10(15)6-9(14)7-18(11)12/h6-7H,3-5H2,1-2H3,(H,16,19). The Balaban J connectivity index is 2.42. The van der Waals surface area contributed by atoms with E-state index in [-0.39, 0.29) is 5.91 Å². The first-order chi connectivity index (χ1) is 9.04. The van der Waals surface area contributed by atoms with Crippen LogP contribution in [0.5, 0.6) is 0 Å². The molecule has 0 bridgehead atoms. The molecular formula is C13H15Cl2N3O. The van der Waals surface area contributed by atoms with Crippen LogP contribution in [0.25, 0.3) is 5.65 Å². The monoisotopic (exact) mass is 299 g/mol. The smallest absolute Gasteiger partial charge is 0.270 e. The number of rotatable bonds is 4. The molecule has 1 N–H and O–H groups in total. The maximum Gasteiger partial charge on any atom is 0.270 e. The number of aryl methyl sites for hydroxylation is 1. The highest BCUT2D eigenvalue weighted by Gasteiger charge is 2.18. The summed E-state index contributed by atoms with van der Waals surface area (Å²) in [6, 6.07) is 1.61. The van der Waals surface area contributed by atoms with Gasteiger partial charge in [0.1, 0.15) is 5.69 Å². The first-order valence-corrected chi connectivity index (χ1v) is 6.92. The van der Waals surface area contributed by atoms with Gasteiger partial charge in [-0.05, 0) is 19.4 Å². The molecule has 0 atom stereocenters. The highest BCUT2D eigenvalue weighted by molar-refractivity contribution is 6.36. The molecule has 0 aromatic carbocycles. The van der Waals surface area contributed by atoms with E-state index in [4.69, 9.17) is 23.2 Å². The molecule has 102 valence electrons. The average molecular weight is 300 g/mol. The number of hydrogen-bond donors (Lipinski definition) is 1. The van der Waals surface area contributed by atoms with E-state index in [9.17, 15) is 4.79 Å². The molecule has 19 heavy (non-hydrogen) atoms. The fraction of sp³-hybridized carbons (Fsp3) is 0.385. The van der Waals surface area contributed by atoms with E-state index in [1.807, 2.05) is 0 Å². The topological polar surface area (TPSA) is 46.4 Å². The van der Waals surface area contributed by atoms with Crippen molar-refractivity contribution in [2.75, 3.05) is 6.54 Å². The van der Waals surface area contributed by atoms with Gasteiger partial charge in [0.25, 0.3) is 5.91 Å². The van der Waals surface area contributed by atoms with Crippen LogP contribution in [0.3, 0.4) is 0 Å². The molecule has 0 saturated heterocycles. The maximum absolute atomic E-state index is 12.2. The fourth-order valence-electron chi connectivity index (χ4n) is 1.92. The molecular weight excluding hydrogens is 285 g/mol. The maximum atomic E-state index is 12.2. The van der Waals surface area contributed by atoms with Gasteiger partial charge in [-0.2, -0.15) is 0 Å². The van der Waals surface area contributed by atoms with E-state index in [1.165, 1.54) is 0 Å². The molecule has 2 heterocycles. The number of nitrogens with zero attached hydrogens (tertiary/aromatic N) is 2. The molecule has 1 amide bonds. The van der Waals surface area contributed by atoms with Crippen molar-refractivity contribution in [2.45, 2.75) is 26.7 Å². The third-order valence-corrected chi connectivity index (χ3v) is 3.33. The fourth-order valence-corrected chi connectivity index (χ4v) is 2.44. The second-order valence-corrected chi connectivity index (χ2v) is 5.20. The van der Waals surface area contributed by atoms with Gasteiger partial charge < -0.3 is 5.32 Å². The molecule has 6 heteroatoms. The number of hydrogen-bond acceptors (Lipinski definition) is 2. The summed E-state index contributed by atoms with van der Waals surface area (Å²) < 4.78 is 1.64. The third-order valence-electron chi connectivity index (χ3n) is 2.85. The lowest BCUT2D eigenvalue weighted by Gasteiger charge is -2.06. The molecule has 0 aliphatic heterocycles. The molecule has 4 nitrogen and oxygen atoms in total. The lowest BCUT2D eigenvalue weighted by Crippen LogP contribution is -2.26. The van der Waals surface area contributed by atoms with Crippen molar-refractivity contribution in [1.29, 1.82) is 0 Å². The number of pyridine rings is 1. The van der Waals surface area contributed by atoms with Gasteiger partial charge in [-0.15, -0.1) is 0 Å². The lowest BCUT2D eigenvalue weighted by molar-refractivity contribution is 0.0946. The van der Waals surface area contributed by atoms with Crippen molar-refractivity contribution in [2.24, 2.45) is 0 Å². The van der Waals surface area contributed by atoms with Gasteiger partial charge in [0.05, 0.1) is 15.7 Å². The minimum atomic E-state index is -0.156. The SMILES string of the molecule is CCCCNC(=O)c1c(C)nc2c(Cl)cc(Cl)cn12. The Bertz CT molecular complexity index is 622. The number of carbonyl (C=O) groups is 1. The zero-order valence-electron chi connectivity index (χ0n) is 10.8. The summed E-state index contributed by atoms with van der Waals surface area (Å²) >= 11 is 12.1. The van der Waals surface area contributed by atoms with Crippen LogP contribution in [0.1, 0.15) is 35.9 Å². The van der Waals surface area contributed by atoms with E-state index in [0.717, 1.165) is 12.8 Å². The highest BCUT2D eigenvalue weighted by atomic mass is 35.5. The normalized spacial score (nSPS) is 10.9. The Hall–Kier alpha value is -1.26. The molecule has 2 rings (SSSR count). The van der Waals surface area contributed by atoms with Gasteiger partial charge in [-0.3, -0.25) is 9.20 Å². The van der Waals surface area contributed by atoms with E-state index in [2.05, 4.69) is 17.2 Å². The average Bonchev–Trinajstić information content (AvgIpc) is 2.66. The number of unbranched alkanes of at least 4 members (excludes halogenated alkanes) is 1. The predicted molar refractivity (Wildman–Crippen MR) is 77.2 cm³/mol. The molecule has 0 aliphatic carbocycles. The number of carbonyl (C=O) groups excluding carboxylic acids is 1. The zero-order valence-corrected chi connectivity index (χ0v) is 12.3. The number of halogens is 2. The van der Waals surface area contributed by atoms with Crippen molar-refractivity contribution in [3.8, 4) is 0 Å². The van der Waals surface area contributed by atoms with E-state index >= 15 is 0 Å². The zero-order chi connectivity index (χ0) is 14.0. The van der Waals surface area contributed by atoms with Gasteiger partial charge in [0.15, 0.2) is 5.65 Å². The predicted octanol–water partition coefficient (Wildman–Crippen LogP) is 3.48. The van der Waals surface area contributed by atoms with Gasteiger partial charge >= 0.3 is 0 Å². The van der Waals surface area contributed by atoms with Crippen molar-refractivity contribution in [1.82, 2.24) is 14.7 Å². The summed E-state index contributed by atoms with van der Waals surface area (Å²) in [5.41, 5.74) is 1.66. The van der Waals surface area contributed by atoms with Crippen LogP contribution in [-0.2, 0) is 0 Å². The summed E-state index contributed by atoms with van der Waals surface area (Å²) in [5, 5.41) is 3.78. The molecule has 0 spiro atoms. The molecule has 0 saturated carbocycles. The number of imidazole rings is 1. The largest absolute Gasteiger partial charge is 0.351 e. The Morgan fingerprint density at radius 1 is 1.47 bits per heavy atom. The number of aromatic nitrogens is 2. The quantitative estimate of drug-likeness (QED) is 0.879. The number of amides is 1. The number of fused-ring (bicyclic) bond motifs is 1. The molecule has 2 aromatic heterocycles. The second kappa shape index (κ2) is 5.80. The minimum absolute atomic E-state index is 0.156. The Labute approximate surface area is 121 Å². The van der Waals surface area contributed by atoms with Crippen LogP contribution < -0.4 is 5.32 Å². The van der Waals surface area contributed by atoms with Gasteiger partial charge in [0.2, 0.25) is 0 Å². The van der Waals surface area contributed by atoms with E-state index < -0.39 is 0 Å². The first kappa shape index (κ1) is 14.2. The van der Waals surface area contributed by atoms with Crippen molar-refractivity contribution < 1.29 is 4.79 Å². The van der Waals surface area contributed by atoms with Crippen LogP contribution in [-0.4, -0.2) is 21.8 Å². The van der Waals surface area contributed by atoms with E-state index in [1.54, 1.807) is 23.6 Å². The van der Waals surface area contributed by atoms with Crippen molar-refractivity contribution in [3.05, 3.63) is 33.7 Å². The highest BCUT2D eigenvalue weighted by Crippen LogP contribution is 2.24. The summed E-state index contributed by atoms with van der Waals surface area (Å²) in [6.07, 6.45) is 3.63. The van der Waals surface area contributed by atoms with Gasteiger partial charge in [-0.25, -0.2) is 4.98 Å². The second-order valence-electron chi connectivity index (χ2n) is 4.36. The third kappa shape index (κ3) is 2.85. The van der Waals surface area contributed by atoms with Crippen LogP contribution >= 0.6 is 23.2 Å². The molecule has 2 aromatic rings. The van der Waals surface area contributed by atoms with Gasteiger partial charge in [-0.1, -0.05) is 36.5 Å². The van der Waals surface area contributed by atoms with Crippen molar-refractivity contribution >= 4 is 34.8 Å². The molecule has 0 fully saturated rings. The van der Waals surface area contributed by atoms with Crippen LogP contribution in [0.15, 0.2) is 12.3 Å². The summed E-state index contributed by atoms with van der Waals surface area (Å²) in [4.78, 5) is 16.5. The van der Waals surface area contributed by atoms with Crippen LogP contribution in [0.4, 0.5) is 0 Å². The lowest BCUT2D eigenvalue weighted by atomic mass is 10.3. The molecule has 0 unspecified atom stereocenters. The summed E-state index contributed by atoms with van der Waals surface area (Å²) in [6.45, 7) is 4.51.